The van der Waals surface area contributed by atoms with E-state index in [9.17, 15) is 0 Å². The Hall–Kier alpha value is -1.52. The van der Waals surface area contributed by atoms with Crippen LogP contribution < -0.4 is 5.32 Å². The van der Waals surface area contributed by atoms with Crippen molar-refractivity contribution in [3.05, 3.63) is 59.7 Å². The number of benzene rings is 2. The lowest BCUT2D eigenvalue weighted by atomic mass is 10.2. The number of hydrogen-bond acceptors (Lipinski definition) is 2. The molecule has 0 aliphatic carbocycles. The largest absolute Gasteiger partial charge is 0.348 e. The Morgan fingerprint density at radius 1 is 1.19 bits per heavy atom. The van der Waals surface area contributed by atoms with Gasteiger partial charge in [0.25, 0.3) is 0 Å². The van der Waals surface area contributed by atoms with Crippen LogP contribution in [-0.2, 0) is 6.54 Å². The third-order valence-electron chi connectivity index (χ3n) is 3.19. The molecule has 2 aromatic rings. The smallest absolute Gasteiger partial charge is 0.173 e. The highest BCUT2D eigenvalue weighted by Crippen LogP contribution is 2.16. The van der Waals surface area contributed by atoms with Crippen molar-refractivity contribution < 1.29 is 0 Å². The van der Waals surface area contributed by atoms with Gasteiger partial charge in [-0.2, -0.15) is 0 Å². The van der Waals surface area contributed by atoms with E-state index in [2.05, 4.69) is 54.9 Å². The van der Waals surface area contributed by atoms with Crippen LogP contribution in [0, 0.1) is 6.92 Å². The molecule has 1 N–H and O–H groups in total. The summed E-state index contributed by atoms with van der Waals surface area (Å²) in [7, 11) is 2.01. The van der Waals surface area contributed by atoms with Crippen LogP contribution in [0.2, 0.25) is 0 Å². The number of rotatable bonds is 4. The zero-order chi connectivity index (χ0) is 15.2. The van der Waals surface area contributed by atoms with Crippen molar-refractivity contribution in [2.75, 3.05) is 18.6 Å². The lowest BCUT2D eigenvalue weighted by Gasteiger charge is -2.21. The van der Waals surface area contributed by atoms with Gasteiger partial charge in [0.05, 0.1) is 0 Å². The Bertz CT molecular complexity index is 608. The Morgan fingerprint density at radius 3 is 2.52 bits per heavy atom. The zero-order valence-corrected chi connectivity index (χ0v) is 14.2. The first-order valence-electron chi connectivity index (χ1n) is 6.80. The van der Waals surface area contributed by atoms with E-state index in [1.165, 1.54) is 16.0 Å². The van der Waals surface area contributed by atoms with Crippen LogP contribution in [0.1, 0.15) is 11.1 Å². The molecular formula is C17H20N2S2. The molecule has 0 spiro atoms. The lowest BCUT2D eigenvalue weighted by Crippen LogP contribution is -2.30. The number of hydrogen-bond donors (Lipinski definition) is 1. The molecule has 0 aliphatic rings. The van der Waals surface area contributed by atoms with Crippen LogP contribution in [0.3, 0.4) is 0 Å². The van der Waals surface area contributed by atoms with Gasteiger partial charge in [-0.05, 0) is 60.8 Å². The number of nitrogens with one attached hydrogen (secondary N) is 1. The minimum Gasteiger partial charge on any atom is -0.348 e. The normalized spacial score (nSPS) is 10.2. The number of nitrogens with zero attached hydrogens (tertiary/aromatic N) is 1. The summed E-state index contributed by atoms with van der Waals surface area (Å²) in [6.07, 6.45) is 2.09. The summed E-state index contributed by atoms with van der Waals surface area (Å²) < 4.78 is 0. The van der Waals surface area contributed by atoms with Crippen molar-refractivity contribution >= 4 is 34.8 Å². The molecule has 2 aromatic carbocycles. The first-order valence-corrected chi connectivity index (χ1v) is 8.43. The SMILES string of the molecule is CSc1ccc(CN(C)C(=S)Nc2cccc(C)c2)cc1. The zero-order valence-electron chi connectivity index (χ0n) is 12.6. The molecule has 0 heterocycles. The van der Waals surface area contributed by atoms with E-state index in [-0.39, 0.29) is 0 Å². The van der Waals surface area contributed by atoms with E-state index in [1.54, 1.807) is 11.8 Å². The maximum Gasteiger partial charge on any atom is 0.173 e. The van der Waals surface area contributed by atoms with Gasteiger partial charge in [0, 0.05) is 24.2 Å². The van der Waals surface area contributed by atoms with Crippen molar-refractivity contribution in [2.24, 2.45) is 0 Å². The second kappa shape index (κ2) is 7.48. The maximum atomic E-state index is 5.46. The molecule has 0 aromatic heterocycles. The van der Waals surface area contributed by atoms with Gasteiger partial charge in [-0.15, -0.1) is 11.8 Å². The molecular weight excluding hydrogens is 296 g/mol. The minimum absolute atomic E-state index is 0.731. The first kappa shape index (κ1) is 15.9. The third-order valence-corrected chi connectivity index (χ3v) is 4.35. The molecule has 0 saturated carbocycles. The highest BCUT2D eigenvalue weighted by atomic mass is 32.2. The van der Waals surface area contributed by atoms with E-state index in [0.29, 0.717) is 0 Å². The average molecular weight is 316 g/mol. The topological polar surface area (TPSA) is 15.3 Å². The number of thiocarbonyl (C=S) groups is 1. The van der Waals surface area contributed by atoms with E-state index in [4.69, 9.17) is 12.2 Å². The van der Waals surface area contributed by atoms with Crippen molar-refractivity contribution in [1.82, 2.24) is 4.90 Å². The minimum atomic E-state index is 0.731. The quantitative estimate of drug-likeness (QED) is 0.657. The fourth-order valence-electron chi connectivity index (χ4n) is 2.02. The number of anilines is 1. The van der Waals surface area contributed by atoms with Crippen LogP contribution in [0.5, 0.6) is 0 Å². The van der Waals surface area contributed by atoms with Gasteiger partial charge in [0.15, 0.2) is 5.11 Å². The van der Waals surface area contributed by atoms with E-state index >= 15 is 0 Å². The molecule has 110 valence electrons. The van der Waals surface area contributed by atoms with Crippen LogP contribution in [-0.4, -0.2) is 23.3 Å². The molecule has 0 fully saturated rings. The molecule has 0 amide bonds. The predicted molar refractivity (Wildman–Crippen MR) is 97.1 cm³/mol. The van der Waals surface area contributed by atoms with Gasteiger partial charge in [-0.1, -0.05) is 24.3 Å². The molecule has 0 atom stereocenters. The number of aryl methyl sites for hydroxylation is 1. The second-order valence-corrected chi connectivity index (χ2v) is 6.27. The van der Waals surface area contributed by atoms with E-state index < -0.39 is 0 Å². The molecule has 0 unspecified atom stereocenters. The standard InChI is InChI=1S/C17H20N2S2/c1-13-5-4-6-15(11-13)18-17(20)19(2)12-14-7-9-16(21-3)10-8-14/h4-11H,12H2,1-3H3,(H,18,20). The van der Waals surface area contributed by atoms with Crippen LogP contribution in [0.4, 0.5) is 5.69 Å². The molecule has 2 rings (SSSR count). The van der Waals surface area contributed by atoms with Crippen LogP contribution in [0.25, 0.3) is 0 Å². The van der Waals surface area contributed by atoms with Gasteiger partial charge in [0.2, 0.25) is 0 Å². The summed E-state index contributed by atoms with van der Waals surface area (Å²) in [6, 6.07) is 16.8. The molecule has 21 heavy (non-hydrogen) atoms. The number of thioether (sulfide) groups is 1. The highest BCUT2D eigenvalue weighted by molar-refractivity contribution is 7.98. The Balaban J connectivity index is 1.95. The molecule has 0 radical (unpaired) electrons. The predicted octanol–water partition coefficient (Wildman–Crippen LogP) is 4.55. The van der Waals surface area contributed by atoms with Crippen LogP contribution >= 0.6 is 24.0 Å². The van der Waals surface area contributed by atoms with E-state index in [1.807, 2.05) is 24.1 Å². The van der Waals surface area contributed by atoms with Gasteiger partial charge < -0.3 is 10.2 Å². The van der Waals surface area contributed by atoms with Gasteiger partial charge in [-0.3, -0.25) is 0 Å². The molecule has 0 bridgehead atoms. The van der Waals surface area contributed by atoms with Gasteiger partial charge >= 0.3 is 0 Å². The molecule has 2 nitrogen and oxygen atoms in total. The molecule has 4 heteroatoms. The summed E-state index contributed by atoms with van der Waals surface area (Å²) in [4.78, 5) is 3.33. The fourth-order valence-corrected chi connectivity index (χ4v) is 2.61. The molecule has 0 saturated heterocycles. The first-order chi connectivity index (χ1) is 10.1. The average Bonchev–Trinajstić information content (AvgIpc) is 2.48. The van der Waals surface area contributed by atoms with Crippen molar-refractivity contribution in [3.63, 3.8) is 0 Å². The summed E-state index contributed by atoms with van der Waals surface area (Å²) in [5.41, 5.74) is 3.51. The molecule has 0 aliphatic heterocycles. The summed E-state index contributed by atoms with van der Waals surface area (Å²) >= 11 is 7.21. The summed E-state index contributed by atoms with van der Waals surface area (Å²) in [5, 5.41) is 4.01. The van der Waals surface area contributed by atoms with Gasteiger partial charge in [-0.25, -0.2) is 0 Å². The van der Waals surface area contributed by atoms with Crippen LogP contribution in [0.15, 0.2) is 53.4 Å². The Kier molecular flexibility index (Phi) is 5.65. The van der Waals surface area contributed by atoms with Crippen molar-refractivity contribution in [2.45, 2.75) is 18.4 Å². The monoisotopic (exact) mass is 316 g/mol. The third kappa shape index (κ3) is 4.76. The van der Waals surface area contributed by atoms with Crippen molar-refractivity contribution in [3.8, 4) is 0 Å². The maximum absolute atomic E-state index is 5.46. The van der Waals surface area contributed by atoms with Crippen molar-refractivity contribution in [1.29, 1.82) is 0 Å². The van der Waals surface area contributed by atoms with Gasteiger partial charge in [0.1, 0.15) is 0 Å². The lowest BCUT2D eigenvalue weighted by molar-refractivity contribution is 0.508. The second-order valence-electron chi connectivity index (χ2n) is 5.00. The Labute approximate surface area is 136 Å². The Morgan fingerprint density at radius 2 is 1.90 bits per heavy atom. The highest BCUT2D eigenvalue weighted by Gasteiger charge is 2.06. The fraction of sp³-hybridized carbons (Fsp3) is 0.235. The summed E-state index contributed by atoms with van der Waals surface area (Å²) in [6.45, 7) is 2.87. The summed E-state index contributed by atoms with van der Waals surface area (Å²) in [5.74, 6) is 0. The van der Waals surface area contributed by atoms with E-state index in [0.717, 1.165) is 17.3 Å².